The summed E-state index contributed by atoms with van der Waals surface area (Å²) in [4.78, 5) is 0. The highest BCUT2D eigenvalue weighted by molar-refractivity contribution is 9.10. The monoisotopic (exact) mass is 353 g/mol. The van der Waals surface area contributed by atoms with Gasteiger partial charge < -0.3 is 14.8 Å². The third-order valence-corrected chi connectivity index (χ3v) is 3.71. The molecule has 112 valence electrons. The first-order chi connectivity index (χ1) is 10.0. The maximum atomic E-state index is 13.8. The predicted molar refractivity (Wildman–Crippen MR) is 85.7 cm³/mol. The quantitative estimate of drug-likeness (QED) is 0.856. The Hall–Kier alpha value is -1.75. The van der Waals surface area contributed by atoms with Crippen LogP contribution in [0.5, 0.6) is 11.5 Å². The Kier molecular flexibility index (Phi) is 5.07. The van der Waals surface area contributed by atoms with Crippen molar-refractivity contribution in [3.05, 3.63) is 51.7 Å². The molecule has 0 aliphatic carbocycles. The van der Waals surface area contributed by atoms with E-state index in [1.54, 1.807) is 20.3 Å². The van der Waals surface area contributed by atoms with E-state index < -0.39 is 0 Å². The first kappa shape index (κ1) is 15.6. The number of ether oxygens (including phenoxy) is 2. The van der Waals surface area contributed by atoms with Crippen LogP contribution in [0, 0.1) is 12.7 Å². The van der Waals surface area contributed by atoms with Gasteiger partial charge in [-0.3, -0.25) is 0 Å². The van der Waals surface area contributed by atoms with Gasteiger partial charge in [-0.2, -0.15) is 0 Å². The molecule has 0 aromatic heterocycles. The number of aryl methyl sites for hydroxylation is 1. The minimum absolute atomic E-state index is 0.241. The van der Waals surface area contributed by atoms with E-state index in [0.29, 0.717) is 23.6 Å². The van der Waals surface area contributed by atoms with Gasteiger partial charge in [-0.15, -0.1) is 0 Å². The first-order valence-electron chi connectivity index (χ1n) is 6.45. The van der Waals surface area contributed by atoms with E-state index in [1.807, 2.05) is 25.1 Å². The molecule has 3 nitrogen and oxygen atoms in total. The molecule has 0 spiro atoms. The molecule has 0 saturated heterocycles. The van der Waals surface area contributed by atoms with Crippen molar-refractivity contribution in [1.82, 2.24) is 0 Å². The number of rotatable bonds is 5. The molecule has 1 N–H and O–H groups in total. The van der Waals surface area contributed by atoms with E-state index in [2.05, 4.69) is 21.2 Å². The van der Waals surface area contributed by atoms with Gasteiger partial charge in [-0.05, 0) is 30.7 Å². The second-order valence-electron chi connectivity index (χ2n) is 4.61. The highest BCUT2D eigenvalue weighted by Crippen LogP contribution is 2.33. The fourth-order valence-corrected chi connectivity index (χ4v) is 2.36. The average Bonchev–Trinajstić information content (AvgIpc) is 2.47. The zero-order valence-electron chi connectivity index (χ0n) is 12.2. The summed E-state index contributed by atoms with van der Waals surface area (Å²) in [5.74, 6) is 1.08. The van der Waals surface area contributed by atoms with Crippen molar-refractivity contribution in [2.75, 3.05) is 19.5 Å². The highest BCUT2D eigenvalue weighted by atomic mass is 79.9. The standard InChI is InChI=1S/C16H17BrFNO2/c1-10-6-15(20-2)16(21-3)8-14(10)19-9-11-4-5-12(17)7-13(11)18/h4-8,19H,9H2,1-3H3. The third kappa shape index (κ3) is 3.67. The Bertz CT molecular complexity index is 646. The molecule has 0 saturated carbocycles. The van der Waals surface area contributed by atoms with E-state index >= 15 is 0 Å². The lowest BCUT2D eigenvalue weighted by Gasteiger charge is -2.14. The molecule has 2 aromatic rings. The van der Waals surface area contributed by atoms with Crippen molar-refractivity contribution >= 4 is 21.6 Å². The van der Waals surface area contributed by atoms with Crippen molar-refractivity contribution in [3.63, 3.8) is 0 Å². The van der Waals surface area contributed by atoms with Crippen molar-refractivity contribution in [1.29, 1.82) is 0 Å². The lowest BCUT2D eigenvalue weighted by Crippen LogP contribution is -2.04. The molecular weight excluding hydrogens is 337 g/mol. The van der Waals surface area contributed by atoms with Crippen molar-refractivity contribution in [3.8, 4) is 11.5 Å². The van der Waals surface area contributed by atoms with Crippen LogP contribution >= 0.6 is 15.9 Å². The summed E-state index contributed by atoms with van der Waals surface area (Å²) in [5, 5.41) is 3.22. The number of hydrogen-bond acceptors (Lipinski definition) is 3. The van der Waals surface area contributed by atoms with Crippen LogP contribution in [0.15, 0.2) is 34.8 Å². The van der Waals surface area contributed by atoms with Gasteiger partial charge in [0.05, 0.1) is 14.2 Å². The maximum absolute atomic E-state index is 13.8. The third-order valence-electron chi connectivity index (χ3n) is 3.21. The Labute approximate surface area is 132 Å². The van der Waals surface area contributed by atoms with Crippen LogP contribution in [-0.4, -0.2) is 14.2 Å². The number of methoxy groups -OCH3 is 2. The van der Waals surface area contributed by atoms with Crippen LogP contribution in [0.4, 0.5) is 10.1 Å². The van der Waals surface area contributed by atoms with Gasteiger partial charge in [-0.25, -0.2) is 4.39 Å². The van der Waals surface area contributed by atoms with Gasteiger partial charge in [-0.1, -0.05) is 22.0 Å². The van der Waals surface area contributed by atoms with Gasteiger partial charge in [0.1, 0.15) is 5.82 Å². The van der Waals surface area contributed by atoms with Gasteiger partial charge >= 0.3 is 0 Å². The number of nitrogens with one attached hydrogen (secondary N) is 1. The normalized spacial score (nSPS) is 10.3. The predicted octanol–water partition coefficient (Wildman–Crippen LogP) is 4.53. The molecule has 0 radical (unpaired) electrons. The summed E-state index contributed by atoms with van der Waals surface area (Å²) in [5.41, 5.74) is 2.49. The molecule has 0 fully saturated rings. The molecule has 0 aliphatic rings. The molecule has 0 heterocycles. The van der Waals surface area contributed by atoms with Crippen molar-refractivity contribution in [2.24, 2.45) is 0 Å². The SMILES string of the molecule is COc1cc(C)c(NCc2ccc(Br)cc2F)cc1OC. The molecule has 0 amide bonds. The molecule has 21 heavy (non-hydrogen) atoms. The van der Waals surface area contributed by atoms with Crippen LogP contribution < -0.4 is 14.8 Å². The smallest absolute Gasteiger partial charge is 0.162 e. The average molecular weight is 354 g/mol. The summed E-state index contributed by atoms with van der Waals surface area (Å²) in [6, 6.07) is 8.77. The summed E-state index contributed by atoms with van der Waals surface area (Å²) < 4.78 is 25.1. The summed E-state index contributed by atoms with van der Waals surface area (Å²) in [6.45, 7) is 2.36. The van der Waals surface area contributed by atoms with Gasteiger partial charge in [0.15, 0.2) is 11.5 Å². The van der Waals surface area contributed by atoms with Crippen LogP contribution in [-0.2, 0) is 6.54 Å². The lowest BCUT2D eigenvalue weighted by molar-refractivity contribution is 0.355. The van der Waals surface area contributed by atoms with Crippen LogP contribution in [0.25, 0.3) is 0 Å². The molecule has 5 heteroatoms. The number of anilines is 1. The molecule has 2 aromatic carbocycles. The van der Waals surface area contributed by atoms with Gasteiger partial charge in [0.2, 0.25) is 0 Å². The second-order valence-corrected chi connectivity index (χ2v) is 5.53. The number of benzene rings is 2. The maximum Gasteiger partial charge on any atom is 0.162 e. The van der Waals surface area contributed by atoms with Crippen LogP contribution in [0.1, 0.15) is 11.1 Å². The van der Waals surface area contributed by atoms with Gasteiger partial charge in [0.25, 0.3) is 0 Å². The highest BCUT2D eigenvalue weighted by Gasteiger charge is 2.09. The van der Waals surface area contributed by atoms with E-state index in [0.717, 1.165) is 15.7 Å². The summed E-state index contributed by atoms with van der Waals surface area (Å²) in [6.07, 6.45) is 0. The molecule has 0 atom stereocenters. The zero-order valence-corrected chi connectivity index (χ0v) is 13.8. The van der Waals surface area contributed by atoms with Crippen LogP contribution in [0.3, 0.4) is 0 Å². The summed E-state index contributed by atoms with van der Waals surface area (Å²) >= 11 is 3.25. The largest absolute Gasteiger partial charge is 0.493 e. The molecule has 2 rings (SSSR count). The fraction of sp³-hybridized carbons (Fsp3) is 0.250. The Morgan fingerprint density at radius 3 is 2.38 bits per heavy atom. The first-order valence-corrected chi connectivity index (χ1v) is 7.25. The Morgan fingerprint density at radius 1 is 1.10 bits per heavy atom. The van der Waals surface area contributed by atoms with E-state index in [1.165, 1.54) is 6.07 Å². The van der Waals surface area contributed by atoms with Crippen LogP contribution in [0.2, 0.25) is 0 Å². The Balaban J connectivity index is 2.19. The van der Waals surface area contributed by atoms with E-state index in [-0.39, 0.29) is 5.82 Å². The molecule has 0 aliphatic heterocycles. The van der Waals surface area contributed by atoms with Crippen molar-refractivity contribution < 1.29 is 13.9 Å². The topological polar surface area (TPSA) is 30.5 Å². The van der Waals surface area contributed by atoms with E-state index in [9.17, 15) is 4.39 Å². The number of halogens is 2. The number of hydrogen-bond donors (Lipinski definition) is 1. The minimum atomic E-state index is -0.241. The summed E-state index contributed by atoms with van der Waals surface area (Å²) in [7, 11) is 3.19. The lowest BCUT2D eigenvalue weighted by atomic mass is 10.1. The zero-order chi connectivity index (χ0) is 15.4. The van der Waals surface area contributed by atoms with E-state index in [4.69, 9.17) is 9.47 Å². The van der Waals surface area contributed by atoms with Gasteiger partial charge in [0, 0.05) is 28.3 Å². The second kappa shape index (κ2) is 6.80. The van der Waals surface area contributed by atoms with Crippen molar-refractivity contribution in [2.45, 2.75) is 13.5 Å². The molecule has 0 bridgehead atoms. The minimum Gasteiger partial charge on any atom is -0.493 e. The molecule has 0 unspecified atom stereocenters. The Morgan fingerprint density at radius 2 is 1.76 bits per heavy atom. The molecular formula is C16H17BrFNO2. The fourth-order valence-electron chi connectivity index (χ4n) is 2.03.